The molecule has 0 amide bonds. The minimum absolute atomic E-state index is 0.0446. The van der Waals surface area contributed by atoms with Crippen LogP contribution in [-0.2, 0) is 17.1 Å². The Morgan fingerprint density at radius 2 is 1.58 bits per heavy atom. The first-order chi connectivity index (χ1) is 16.6. The lowest BCUT2D eigenvalue weighted by Gasteiger charge is -2.51. The molecule has 0 radical (unpaired) electrons. The van der Waals surface area contributed by atoms with Gasteiger partial charge in [0.2, 0.25) is 0 Å². The van der Waals surface area contributed by atoms with Crippen LogP contribution in [0.15, 0.2) is 53.7 Å². The number of ether oxygens (including phenoxy) is 1. The van der Waals surface area contributed by atoms with Gasteiger partial charge in [-0.05, 0) is 69.5 Å². The number of β-amino-alcohol motifs (C(OH)–C–C–N with tert-alkyl or cyclic N) is 1. The molecular formula is C25H28F6N2O3. The maximum atomic E-state index is 13.3. The minimum atomic E-state index is -4.95. The van der Waals surface area contributed by atoms with E-state index in [-0.39, 0.29) is 36.9 Å². The number of aliphatic hydroxyl groups is 1. The molecule has 36 heavy (non-hydrogen) atoms. The summed E-state index contributed by atoms with van der Waals surface area (Å²) in [5.74, 6) is 0. The smallest absolute Gasteiger partial charge is 0.411 e. The Hall–Kier alpha value is -2.79. The van der Waals surface area contributed by atoms with E-state index in [4.69, 9.17) is 4.74 Å². The number of piperidine rings is 1. The quantitative estimate of drug-likeness (QED) is 0.200. The number of para-hydroxylation sites is 1. The zero-order valence-corrected chi connectivity index (χ0v) is 20.0. The van der Waals surface area contributed by atoms with Gasteiger partial charge in [0.15, 0.2) is 0 Å². The summed E-state index contributed by atoms with van der Waals surface area (Å²) >= 11 is 0. The number of alkyl halides is 6. The van der Waals surface area contributed by atoms with Crippen LogP contribution in [0.4, 0.5) is 32.0 Å². The summed E-state index contributed by atoms with van der Waals surface area (Å²) in [7, 11) is 0. The highest BCUT2D eigenvalue weighted by atomic mass is 19.4. The van der Waals surface area contributed by atoms with Crippen LogP contribution < -0.4 is 4.90 Å². The summed E-state index contributed by atoms with van der Waals surface area (Å²) in [6.07, 6.45) is -10.4. The molecule has 1 aliphatic heterocycles. The lowest BCUT2D eigenvalue weighted by molar-refractivity contribution is -0.143. The van der Waals surface area contributed by atoms with E-state index in [0.29, 0.717) is 18.6 Å². The van der Waals surface area contributed by atoms with Crippen LogP contribution in [0.1, 0.15) is 56.4 Å². The zero-order valence-electron chi connectivity index (χ0n) is 20.0. The third-order valence-corrected chi connectivity index (χ3v) is 6.76. The van der Waals surface area contributed by atoms with Gasteiger partial charge < -0.3 is 20.0 Å². The normalized spacial score (nSPS) is 24.6. The summed E-state index contributed by atoms with van der Waals surface area (Å²) in [6, 6.07) is 10.4. The molecule has 1 saturated heterocycles. The van der Waals surface area contributed by atoms with Gasteiger partial charge in [0.05, 0.1) is 41.6 Å². The van der Waals surface area contributed by atoms with Gasteiger partial charge in [-0.25, -0.2) is 0 Å². The maximum absolute atomic E-state index is 13.3. The highest BCUT2D eigenvalue weighted by Gasteiger charge is 2.47. The van der Waals surface area contributed by atoms with Crippen LogP contribution in [0.2, 0.25) is 0 Å². The first-order valence-corrected chi connectivity index (χ1v) is 11.2. The molecule has 1 heterocycles. The predicted molar refractivity (Wildman–Crippen MR) is 122 cm³/mol. The molecule has 2 N–H and O–H groups in total. The molecule has 2 aromatic carbocycles. The van der Waals surface area contributed by atoms with E-state index in [1.807, 2.05) is 17.9 Å². The Labute approximate surface area is 205 Å². The fourth-order valence-corrected chi connectivity index (χ4v) is 4.31. The average Bonchev–Trinajstić information content (AvgIpc) is 2.83. The summed E-state index contributed by atoms with van der Waals surface area (Å²) in [6.45, 7) is 4.73. The average molecular weight is 518 g/mol. The van der Waals surface area contributed by atoms with Crippen molar-refractivity contribution in [3.8, 4) is 0 Å². The molecule has 3 atom stereocenters. The van der Waals surface area contributed by atoms with Crippen LogP contribution in [0, 0.1) is 0 Å². The van der Waals surface area contributed by atoms with E-state index < -0.39 is 40.7 Å². The van der Waals surface area contributed by atoms with E-state index in [1.165, 1.54) is 13.8 Å². The van der Waals surface area contributed by atoms with Crippen molar-refractivity contribution in [2.24, 2.45) is 5.16 Å². The second-order valence-electron chi connectivity index (χ2n) is 9.43. The Balaban J connectivity index is 1.90. The van der Waals surface area contributed by atoms with Crippen molar-refractivity contribution < 1.29 is 41.4 Å². The Morgan fingerprint density at radius 1 is 1.03 bits per heavy atom. The van der Waals surface area contributed by atoms with Crippen LogP contribution in [-0.4, -0.2) is 40.3 Å². The van der Waals surface area contributed by atoms with Crippen molar-refractivity contribution in [1.29, 1.82) is 0 Å². The van der Waals surface area contributed by atoms with Crippen molar-refractivity contribution >= 4 is 11.4 Å². The zero-order chi connectivity index (χ0) is 26.9. The van der Waals surface area contributed by atoms with Gasteiger partial charge in [-0.3, -0.25) is 0 Å². The van der Waals surface area contributed by atoms with E-state index in [0.717, 1.165) is 5.69 Å². The van der Waals surface area contributed by atoms with Crippen LogP contribution >= 0.6 is 0 Å². The lowest BCUT2D eigenvalue weighted by atomic mass is 9.78. The standard InChI is InChI=1S/C25H28F6N2O3/c1-16(18-11-19(24(26,27)28)13-20(12-18)25(29,30)31)36-15-22(3)9-10-23(34,17(2)32-35)14-33(22)21-7-5-4-6-8-21/h4-8,11-13,16,34-35H,9-10,14-15H2,1-3H3/b32-17+/t16?,22-,23?/m1/s1. The van der Waals surface area contributed by atoms with Gasteiger partial charge in [0.1, 0.15) is 5.60 Å². The van der Waals surface area contributed by atoms with Crippen molar-refractivity contribution in [2.75, 3.05) is 18.1 Å². The number of hydrogen-bond acceptors (Lipinski definition) is 5. The molecule has 198 valence electrons. The molecule has 2 aromatic rings. The summed E-state index contributed by atoms with van der Waals surface area (Å²) in [5, 5.41) is 23.5. The molecule has 1 aliphatic rings. The van der Waals surface area contributed by atoms with E-state index in [2.05, 4.69) is 5.16 Å². The third-order valence-electron chi connectivity index (χ3n) is 6.76. The molecule has 5 nitrogen and oxygen atoms in total. The van der Waals surface area contributed by atoms with Crippen LogP contribution in [0.5, 0.6) is 0 Å². The minimum Gasteiger partial charge on any atom is -0.411 e. The van der Waals surface area contributed by atoms with Crippen LogP contribution in [0.3, 0.4) is 0 Å². The molecule has 1 fully saturated rings. The number of anilines is 1. The number of halogens is 6. The highest BCUT2D eigenvalue weighted by molar-refractivity contribution is 5.90. The Morgan fingerprint density at radius 3 is 2.08 bits per heavy atom. The van der Waals surface area contributed by atoms with E-state index in [1.54, 1.807) is 24.3 Å². The number of benzene rings is 2. The number of nitrogens with zero attached hydrogens (tertiary/aromatic N) is 2. The molecule has 0 aliphatic carbocycles. The molecule has 0 aromatic heterocycles. The van der Waals surface area contributed by atoms with Gasteiger partial charge in [-0.2, -0.15) is 26.3 Å². The fraction of sp³-hybridized carbons (Fsp3) is 0.480. The first-order valence-electron chi connectivity index (χ1n) is 11.2. The molecule has 11 heteroatoms. The summed E-state index contributed by atoms with van der Waals surface area (Å²) in [5.41, 5.74) is -4.41. The van der Waals surface area contributed by atoms with Crippen molar-refractivity contribution in [3.05, 3.63) is 65.2 Å². The monoisotopic (exact) mass is 518 g/mol. The molecule has 0 bridgehead atoms. The number of rotatable bonds is 6. The van der Waals surface area contributed by atoms with Gasteiger partial charge in [0.25, 0.3) is 0 Å². The second kappa shape index (κ2) is 9.93. The van der Waals surface area contributed by atoms with E-state index >= 15 is 0 Å². The number of hydrogen-bond donors (Lipinski definition) is 2. The SMILES string of the molecule is C/C(=N\O)C1(O)CC[C@](C)(COC(C)c2cc(C(F)(F)F)cc(C(F)(F)F)c2)N(c2ccccc2)C1. The molecule has 3 rings (SSSR count). The number of oxime groups is 1. The molecule has 0 saturated carbocycles. The third kappa shape index (κ3) is 5.95. The van der Waals surface area contributed by atoms with Crippen LogP contribution in [0.25, 0.3) is 0 Å². The molecular weight excluding hydrogens is 490 g/mol. The Bertz CT molecular complexity index is 1060. The predicted octanol–water partition coefficient (Wildman–Crippen LogP) is 6.44. The Kier molecular flexibility index (Phi) is 7.67. The summed E-state index contributed by atoms with van der Waals surface area (Å²) in [4.78, 5) is 1.85. The van der Waals surface area contributed by atoms with Crippen molar-refractivity contribution in [3.63, 3.8) is 0 Å². The van der Waals surface area contributed by atoms with Gasteiger partial charge in [-0.1, -0.05) is 23.4 Å². The van der Waals surface area contributed by atoms with Gasteiger partial charge in [-0.15, -0.1) is 0 Å². The maximum Gasteiger partial charge on any atom is 0.416 e. The fourth-order valence-electron chi connectivity index (χ4n) is 4.31. The van der Waals surface area contributed by atoms with Crippen molar-refractivity contribution in [2.45, 2.75) is 63.2 Å². The van der Waals surface area contributed by atoms with Gasteiger partial charge in [0, 0.05) is 5.69 Å². The van der Waals surface area contributed by atoms with E-state index in [9.17, 15) is 36.7 Å². The molecule has 2 unspecified atom stereocenters. The summed E-state index contributed by atoms with van der Waals surface area (Å²) < 4.78 is 85.5. The van der Waals surface area contributed by atoms with Gasteiger partial charge >= 0.3 is 12.4 Å². The first kappa shape index (κ1) is 27.8. The largest absolute Gasteiger partial charge is 0.416 e. The lowest BCUT2D eigenvalue weighted by Crippen LogP contribution is -2.63. The second-order valence-corrected chi connectivity index (χ2v) is 9.43. The highest BCUT2D eigenvalue weighted by Crippen LogP contribution is 2.40. The topological polar surface area (TPSA) is 65.3 Å². The van der Waals surface area contributed by atoms with Crippen molar-refractivity contribution in [1.82, 2.24) is 0 Å². The molecule has 0 spiro atoms.